The lowest BCUT2D eigenvalue weighted by molar-refractivity contribution is 0.0902. The van der Waals surface area contributed by atoms with Crippen LogP contribution < -0.4 is 15.4 Å². The molecule has 1 aliphatic heterocycles. The van der Waals surface area contributed by atoms with Crippen LogP contribution in [0.4, 0.5) is 11.4 Å². The Morgan fingerprint density at radius 2 is 2.32 bits per heavy atom. The molecule has 1 atom stereocenters. The highest BCUT2D eigenvalue weighted by atomic mass is 79.9. The molecule has 2 heterocycles. The second-order valence-electron chi connectivity index (χ2n) is 5.02. The van der Waals surface area contributed by atoms with Crippen molar-refractivity contribution in [2.24, 2.45) is 0 Å². The number of rotatable bonds is 3. The molecule has 0 bridgehead atoms. The zero-order valence-corrected chi connectivity index (χ0v) is 14.3. The van der Waals surface area contributed by atoms with E-state index in [1.807, 2.05) is 13.0 Å². The predicted octanol–water partition coefficient (Wildman–Crippen LogP) is 3.18. The second-order valence-corrected chi connectivity index (χ2v) is 6.18. The monoisotopic (exact) mass is 384 g/mol. The Hall–Kier alpha value is -1.73. The fourth-order valence-electron chi connectivity index (χ4n) is 2.45. The number of benzene rings is 1. The van der Waals surface area contributed by atoms with Gasteiger partial charge in [-0.3, -0.25) is 9.48 Å². The summed E-state index contributed by atoms with van der Waals surface area (Å²) in [6, 6.07) is 5.41. The summed E-state index contributed by atoms with van der Waals surface area (Å²) in [5.74, 6) is 0.348. The number of ether oxygens (including phenoxy) is 1. The Kier molecular flexibility index (Phi) is 4.01. The Morgan fingerprint density at radius 3 is 3.05 bits per heavy atom. The van der Waals surface area contributed by atoms with E-state index in [1.165, 1.54) is 0 Å². The molecule has 0 spiro atoms. The summed E-state index contributed by atoms with van der Waals surface area (Å²) in [6.07, 6.45) is 0. The van der Waals surface area contributed by atoms with Gasteiger partial charge in [0.05, 0.1) is 24.4 Å². The number of halogens is 2. The number of para-hydroxylation sites is 1. The predicted molar refractivity (Wildman–Crippen MR) is 88.1 cm³/mol. The molecule has 2 aromatic rings. The van der Waals surface area contributed by atoms with Gasteiger partial charge < -0.3 is 15.4 Å². The van der Waals surface area contributed by atoms with Gasteiger partial charge in [0, 0.05) is 6.04 Å². The summed E-state index contributed by atoms with van der Waals surface area (Å²) in [4.78, 5) is 12.3. The largest absolute Gasteiger partial charge is 0.493 e. The number of hydrogen-bond acceptors (Lipinski definition) is 4. The molecule has 1 aromatic carbocycles. The molecule has 2 N–H and O–H groups in total. The summed E-state index contributed by atoms with van der Waals surface area (Å²) in [5.41, 5.74) is 1.73. The summed E-state index contributed by atoms with van der Waals surface area (Å²) in [7, 11) is 1.54. The minimum atomic E-state index is -0.166. The first kappa shape index (κ1) is 15.2. The van der Waals surface area contributed by atoms with Crippen molar-refractivity contribution < 1.29 is 9.53 Å². The third-order valence-corrected chi connectivity index (χ3v) is 4.23. The lowest BCUT2D eigenvalue weighted by Crippen LogP contribution is -2.42. The number of methoxy groups -OCH3 is 1. The Bertz CT molecular complexity index is 747. The molecule has 0 saturated carbocycles. The Balaban J connectivity index is 2.04. The van der Waals surface area contributed by atoms with E-state index in [-0.39, 0.29) is 11.9 Å². The Labute approximate surface area is 140 Å². The smallest absolute Gasteiger partial charge is 0.272 e. The molecule has 0 saturated heterocycles. The van der Waals surface area contributed by atoms with Crippen LogP contribution in [-0.2, 0) is 6.54 Å². The van der Waals surface area contributed by atoms with Crippen LogP contribution in [0.3, 0.4) is 0 Å². The first-order chi connectivity index (χ1) is 10.5. The van der Waals surface area contributed by atoms with Crippen molar-refractivity contribution in [3.8, 4) is 5.75 Å². The number of fused-ring (bicyclic) bond motifs is 1. The van der Waals surface area contributed by atoms with Gasteiger partial charge in [0.2, 0.25) is 0 Å². The number of carbonyl (C=O) groups excluding carboxylic acids is 1. The average Bonchev–Trinajstić information content (AvgIpc) is 2.75. The highest BCUT2D eigenvalue weighted by Gasteiger charge is 2.29. The van der Waals surface area contributed by atoms with Gasteiger partial charge in [-0.2, -0.15) is 5.10 Å². The molecule has 22 heavy (non-hydrogen) atoms. The van der Waals surface area contributed by atoms with Crippen molar-refractivity contribution in [2.45, 2.75) is 19.5 Å². The molecule has 0 aliphatic carbocycles. The summed E-state index contributed by atoms with van der Waals surface area (Å²) in [5, 5.41) is 10.9. The average molecular weight is 386 g/mol. The van der Waals surface area contributed by atoms with E-state index in [4.69, 9.17) is 16.3 Å². The van der Waals surface area contributed by atoms with Crippen molar-refractivity contribution in [2.75, 3.05) is 12.4 Å². The number of carbonyl (C=O) groups is 1. The molecule has 0 unspecified atom stereocenters. The van der Waals surface area contributed by atoms with Gasteiger partial charge in [-0.05, 0) is 35.0 Å². The molecule has 116 valence electrons. The minimum absolute atomic E-state index is 0.0420. The summed E-state index contributed by atoms with van der Waals surface area (Å²) in [6.45, 7) is 2.55. The number of hydrogen-bond donors (Lipinski definition) is 2. The Morgan fingerprint density at radius 1 is 1.55 bits per heavy atom. The first-order valence-electron chi connectivity index (χ1n) is 6.68. The number of nitrogens with one attached hydrogen (secondary N) is 2. The van der Waals surface area contributed by atoms with Crippen molar-refractivity contribution in [1.29, 1.82) is 0 Å². The van der Waals surface area contributed by atoms with Crippen LogP contribution >= 0.6 is 27.5 Å². The number of amides is 1. The van der Waals surface area contributed by atoms with Crippen molar-refractivity contribution in [3.63, 3.8) is 0 Å². The lowest BCUT2D eigenvalue weighted by atomic mass is 10.2. The number of anilines is 2. The van der Waals surface area contributed by atoms with Crippen LogP contribution in [0.15, 0.2) is 22.8 Å². The van der Waals surface area contributed by atoms with Crippen molar-refractivity contribution in [3.05, 3.63) is 33.5 Å². The van der Waals surface area contributed by atoms with Gasteiger partial charge in [-0.25, -0.2) is 0 Å². The molecule has 6 nitrogen and oxygen atoms in total. The third kappa shape index (κ3) is 2.55. The van der Waals surface area contributed by atoms with Gasteiger partial charge in [0.1, 0.15) is 5.69 Å². The van der Waals surface area contributed by atoms with E-state index in [0.717, 1.165) is 0 Å². The summed E-state index contributed by atoms with van der Waals surface area (Å²) >= 11 is 9.52. The molecule has 0 radical (unpaired) electrons. The molecule has 1 amide bonds. The maximum Gasteiger partial charge on any atom is 0.272 e. The lowest BCUT2D eigenvalue weighted by Gasteiger charge is -2.22. The van der Waals surface area contributed by atoms with Gasteiger partial charge in [0.15, 0.2) is 16.0 Å². The van der Waals surface area contributed by atoms with E-state index in [1.54, 1.807) is 23.9 Å². The van der Waals surface area contributed by atoms with E-state index in [2.05, 4.69) is 31.7 Å². The first-order valence-corrected chi connectivity index (χ1v) is 7.85. The van der Waals surface area contributed by atoms with E-state index in [9.17, 15) is 4.79 Å². The molecule has 1 aliphatic rings. The summed E-state index contributed by atoms with van der Waals surface area (Å²) < 4.78 is 7.57. The van der Waals surface area contributed by atoms with Crippen LogP contribution in [0.5, 0.6) is 5.75 Å². The highest BCUT2D eigenvalue weighted by Crippen LogP contribution is 2.37. The molecule has 0 fully saturated rings. The van der Waals surface area contributed by atoms with Crippen molar-refractivity contribution in [1.82, 2.24) is 15.1 Å². The van der Waals surface area contributed by atoms with Gasteiger partial charge >= 0.3 is 0 Å². The molecule has 1 aromatic heterocycles. The zero-order chi connectivity index (χ0) is 15.9. The topological polar surface area (TPSA) is 68.2 Å². The van der Waals surface area contributed by atoms with Gasteiger partial charge in [0.25, 0.3) is 5.91 Å². The van der Waals surface area contributed by atoms with Crippen LogP contribution in [-0.4, -0.2) is 28.8 Å². The fraction of sp³-hybridized carbons (Fsp3) is 0.286. The molecular weight excluding hydrogens is 372 g/mol. The van der Waals surface area contributed by atoms with E-state index < -0.39 is 0 Å². The standard InChI is InChI=1S/C14H14BrClN4O2/c1-7-6-20-11(14(21)17-7)10(13(15)19-20)18-9-5-3-4-8(16)12(9)22-2/h3-5,7,18H,6H2,1-2H3,(H,17,21)/t7-/m1/s1. The van der Waals surface area contributed by atoms with Crippen LogP contribution in [0.1, 0.15) is 17.4 Å². The van der Waals surface area contributed by atoms with Crippen LogP contribution in [0.2, 0.25) is 5.02 Å². The maximum absolute atomic E-state index is 12.3. The molecule has 3 rings (SSSR count). The molecule has 8 heteroatoms. The number of aromatic nitrogens is 2. The molecular formula is C14H14BrClN4O2. The quantitative estimate of drug-likeness (QED) is 0.851. The maximum atomic E-state index is 12.3. The zero-order valence-electron chi connectivity index (χ0n) is 12.0. The highest BCUT2D eigenvalue weighted by molar-refractivity contribution is 9.10. The second kappa shape index (κ2) is 5.81. The van der Waals surface area contributed by atoms with E-state index >= 15 is 0 Å². The number of nitrogens with zero attached hydrogens (tertiary/aromatic N) is 2. The SMILES string of the molecule is COc1c(Cl)cccc1Nc1c(Br)nn2c1C(=O)N[C@H](C)C2. The van der Waals surface area contributed by atoms with Crippen LogP contribution in [0.25, 0.3) is 0 Å². The van der Waals surface area contributed by atoms with Crippen LogP contribution in [0, 0.1) is 0 Å². The van der Waals surface area contributed by atoms with Crippen molar-refractivity contribution >= 4 is 44.8 Å². The van der Waals surface area contributed by atoms with Gasteiger partial charge in [-0.1, -0.05) is 17.7 Å². The fourth-order valence-corrected chi connectivity index (χ4v) is 3.18. The van der Waals surface area contributed by atoms with E-state index in [0.29, 0.717) is 39.0 Å². The normalized spacial score (nSPS) is 16.9. The minimum Gasteiger partial charge on any atom is -0.493 e. The third-order valence-electron chi connectivity index (χ3n) is 3.38. The van der Waals surface area contributed by atoms with Gasteiger partial charge in [-0.15, -0.1) is 0 Å².